The Morgan fingerprint density at radius 1 is 1.00 bits per heavy atom. The third kappa shape index (κ3) is 4.68. The lowest BCUT2D eigenvalue weighted by Crippen LogP contribution is -2.54. The Morgan fingerprint density at radius 3 is 2.38 bits per heavy atom. The molecule has 5 amide bonds. The van der Waals surface area contributed by atoms with Crippen molar-refractivity contribution in [1.82, 2.24) is 10.2 Å². The van der Waals surface area contributed by atoms with Crippen molar-refractivity contribution in [2.75, 3.05) is 37.8 Å². The van der Waals surface area contributed by atoms with Gasteiger partial charge in [-0.25, -0.2) is 9.69 Å². The van der Waals surface area contributed by atoms with Gasteiger partial charge in [-0.3, -0.25) is 19.7 Å². The van der Waals surface area contributed by atoms with Crippen LogP contribution in [0.1, 0.15) is 5.56 Å². The highest BCUT2D eigenvalue weighted by Gasteiger charge is 2.36. The molecule has 0 bridgehead atoms. The molecule has 4 rings (SSSR count). The molecule has 0 saturated carbocycles. The van der Waals surface area contributed by atoms with Gasteiger partial charge in [-0.05, 0) is 35.9 Å². The molecule has 1 N–H and O–H groups in total. The van der Waals surface area contributed by atoms with E-state index >= 15 is 0 Å². The van der Waals surface area contributed by atoms with E-state index in [0.717, 1.165) is 4.90 Å². The first kappa shape index (κ1) is 21.3. The molecule has 2 aliphatic heterocycles. The number of carbonyl (C=O) groups is 4. The summed E-state index contributed by atoms with van der Waals surface area (Å²) in [6.45, 7) is 2.06. The number of para-hydroxylation sites is 1. The van der Waals surface area contributed by atoms with Crippen LogP contribution in [0.25, 0.3) is 6.08 Å². The van der Waals surface area contributed by atoms with Gasteiger partial charge in [0.15, 0.2) is 6.61 Å². The molecule has 0 aliphatic carbocycles. The topological polar surface area (TPSA) is 105 Å². The maximum absolute atomic E-state index is 12.8. The highest BCUT2D eigenvalue weighted by molar-refractivity contribution is 6.39. The number of amides is 5. The maximum atomic E-state index is 12.8. The van der Waals surface area contributed by atoms with Crippen molar-refractivity contribution in [2.24, 2.45) is 0 Å². The second kappa shape index (κ2) is 9.44. The summed E-state index contributed by atoms with van der Waals surface area (Å²) in [5.74, 6) is -1.10. The minimum atomic E-state index is -0.794. The van der Waals surface area contributed by atoms with Crippen LogP contribution in [0.4, 0.5) is 10.5 Å². The molecule has 0 aromatic heterocycles. The van der Waals surface area contributed by atoms with Crippen LogP contribution in [0.5, 0.6) is 5.75 Å². The molecule has 9 nitrogen and oxygen atoms in total. The Morgan fingerprint density at radius 2 is 1.69 bits per heavy atom. The standard InChI is InChI=1S/C23H21N3O6/c27-20(25-10-12-31-13-11-25)15-32-18-8-6-16(7-9-18)14-19-21(28)24-23(30)26(22(19)29)17-4-2-1-3-5-17/h1-9,14H,10-13,15H2,(H,24,28,30)/b19-14+. The molecule has 9 heteroatoms. The monoisotopic (exact) mass is 435 g/mol. The van der Waals surface area contributed by atoms with Gasteiger partial charge in [0, 0.05) is 13.1 Å². The lowest BCUT2D eigenvalue weighted by atomic mass is 10.1. The molecule has 2 aromatic carbocycles. The fraction of sp³-hybridized carbons (Fsp3) is 0.217. The molecule has 0 spiro atoms. The van der Waals surface area contributed by atoms with Gasteiger partial charge in [-0.2, -0.15) is 0 Å². The molecule has 0 atom stereocenters. The average Bonchev–Trinajstić information content (AvgIpc) is 2.82. The van der Waals surface area contributed by atoms with Crippen molar-refractivity contribution >= 4 is 35.5 Å². The molecular formula is C23H21N3O6. The first-order valence-electron chi connectivity index (χ1n) is 10.1. The van der Waals surface area contributed by atoms with E-state index in [4.69, 9.17) is 9.47 Å². The van der Waals surface area contributed by atoms with Gasteiger partial charge in [0.2, 0.25) is 0 Å². The van der Waals surface area contributed by atoms with Crippen LogP contribution in [0.15, 0.2) is 60.2 Å². The van der Waals surface area contributed by atoms with E-state index in [1.165, 1.54) is 6.08 Å². The van der Waals surface area contributed by atoms with E-state index in [0.29, 0.717) is 43.3 Å². The molecular weight excluding hydrogens is 414 g/mol. The Kier molecular flexibility index (Phi) is 6.27. The number of anilines is 1. The molecule has 32 heavy (non-hydrogen) atoms. The Labute approximate surface area is 184 Å². The minimum Gasteiger partial charge on any atom is -0.484 e. The van der Waals surface area contributed by atoms with E-state index in [9.17, 15) is 19.2 Å². The summed E-state index contributed by atoms with van der Waals surface area (Å²) in [5.41, 5.74) is 0.768. The van der Waals surface area contributed by atoms with Gasteiger partial charge >= 0.3 is 6.03 Å². The van der Waals surface area contributed by atoms with E-state index in [2.05, 4.69) is 5.32 Å². The van der Waals surface area contributed by atoms with E-state index in [-0.39, 0.29) is 18.1 Å². The van der Waals surface area contributed by atoms with Gasteiger partial charge in [0.25, 0.3) is 17.7 Å². The van der Waals surface area contributed by atoms with Gasteiger partial charge < -0.3 is 14.4 Å². The number of rotatable bonds is 5. The zero-order chi connectivity index (χ0) is 22.5. The number of ether oxygens (including phenoxy) is 2. The fourth-order valence-electron chi connectivity index (χ4n) is 3.35. The largest absolute Gasteiger partial charge is 0.484 e. The van der Waals surface area contributed by atoms with Gasteiger partial charge in [-0.15, -0.1) is 0 Å². The summed E-state index contributed by atoms with van der Waals surface area (Å²) < 4.78 is 10.8. The number of barbiturate groups is 1. The smallest absolute Gasteiger partial charge is 0.335 e. The average molecular weight is 435 g/mol. The summed E-state index contributed by atoms with van der Waals surface area (Å²) in [6, 6.07) is 14.2. The third-order valence-electron chi connectivity index (χ3n) is 5.03. The van der Waals surface area contributed by atoms with E-state index < -0.39 is 17.8 Å². The second-order valence-corrected chi connectivity index (χ2v) is 7.14. The van der Waals surface area contributed by atoms with Crippen LogP contribution >= 0.6 is 0 Å². The number of nitrogens with one attached hydrogen (secondary N) is 1. The number of morpholine rings is 1. The summed E-state index contributed by atoms with van der Waals surface area (Å²) in [7, 11) is 0. The van der Waals surface area contributed by atoms with Crippen LogP contribution in [0.2, 0.25) is 0 Å². The maximum Gasteiger partial charge on any atom is 0.335 e. The highest BCUT2D eigenvalue weighted by Crippen LogP contribution is 2.22. The predicted octanol–water partition coefficient (Wildman–Crippen LogP) is 1.59. The SMILES string of the molecule is O=C1NC(=O)N(c2ccccc2)C(=O)/C1=C/c1ccc(OCC(=O)N2CCOCC2)cc1. The summed E-state index contributed by atoms with van der Waals surface area (Å²) in [5, 5.41) is 2.19. The fourth-order valence-corrected chi connectivity index (χ4v) is 3.35. The van der Waals surface area contributed by atoms with E-state index in [1.807, 2.05) is 0 Å². The first-order chi connectivity index (χ1) is 15.5. The number of imide groups is 2. The molecule has 0 unspecified atom stereocenters. The van der Waals surface area contributed by atoms with Crippen molar-refractivity contribution < 1.29 is 28.7 Å². The van der Waals surface area contributed by atoms with Gasteiger partial charge in [0.1, 0.15) is 11.3 Å². The van der Waals surface area contributed by atoms with Crippen molar-refractivity contribution in [3.05, 3.63) is 65.7 Å². The second-order valence-electron chi connectivity index (χ2n) is 7.14. The van der Waals surface area contributed by atoms with Crippen molar-refractivity contribution in [3.63, 3.8) is 0 Å². The quantitative estimate of drug-likeness (QED) is 0.565. The molecule has 2 saturated heterocycles. The molecule has 164 valence electrons. The Hall–Kier alpha value is -3.98. The summed E-state index contributed by atoms with van der Waals surface area (Å²) >= 11 is 0. The molecule has 2 aliphatic rings. The van der Waals surface area contributed by atoms with Gasteiger partial charge in [0.05, 0.1) is 18.9 Å². The zero-order valence-corrected chi connectivity index (χ0v) is 17.2. The predicted molar refractivity (Wildman–Crippen MR) is 115 cm³/mol. The number of nitrogens with zero attached hydrogens (tertiary/aromatic N) is 2. The molecule has 0 radical (unpaired) electrons. The van der Waals surface area contributed by atoms with Crippen LogP contribution in [-0.4, -0.2) is 61.6 Å². The number of hydrogen-bond acceptors (Lipinski definition) is 6. The zero-order valence-electron chi connectivity index (χ0n) is 17.2. The lowest BCUT2D eigenvalue weighted by Gasteiger charge is -2.26. The number of hydrogen-bond donors (Lipinski definition) is 1. The molecule has 2 heterocycles. The van der Waals surface area contributed by atoms with Crippen LogP contribution in [0, 0.1) is 0 Å². The van der Waals surface area contributed by atoms with Crippen LogP contribution in [0.3, 0.4) is 0 Å². The Bertz CT molecular complexity index is 1060. The first-order valence-corrected chi connectivity index (χ1v) is 10.1. The molecule has 2 fully saturated rings. The van der Waals surface area contributed by atoms with Crippen molar-refractivity contribution in [3.8, 4) is 5.75 Å². The van der Waals surface area contributed by atoms with Crippen molar-refractivity contribution in [1.29, 1.82) is 0 Å². The highest BCUT2D eigenvalue weighted by atomic mass is 16.5. The third-order valence-corrected chi connectivity index (χ3v) is 5.03. The lowest BCUT2D eigenvalue weighted by molar-refractivity contribution is -0.137. The van der Waals surface area contributed by atoms with Crippen LogP contribution in [-0.2, 0) is 19.1 Å². The van der Waals surface area contributed by atoms with Gasteiger partial charge in [-0.1, -0.05) is 30.3 Å². The summed E-state index contributed by atoms with van der Waals surface area (Å²) in [4.78, 5) is 52.1. The van der Waals surface area contributed by atoms with Crippen LogP contribution < -0.4 is 15.0 Å². The Balaban J connectivity index is 1.44. The molecule has 2 aromatic rings. The minimum absolute atomic E-state index is 0.0878. The van der Waals surface area contributed by atoms with E-state index in [1.54, 1.807) is 59.5 Å². The number of benzene rings is 2. The number of carbonyl (C=O) groups excluding carboxylic acids is 4. The summed E-state index contributed by atoms with van der Waals surface area (Å²) in [6.07, 6.45) is 1.41. The number of urea groups is 1. The van der Waals surface area contributed by atoms with Crippen molar-refractivity contribution in [2.45, 2.75) is 0 Å². The normalized spacial score (nSPS) is 18.0.